The minimum Gasteiger partial charge on any atom is -0.452 e. The van der Waals surface area contributed by atoms with Crippen molar-refractivity contribution in [1.82, 2.24) is 9.80 Å². The van der Waals surface area contributed by atoms with Crippen molar-refractivity contribution >= 4 is 23.7 Å². The molecule has 2 heterocycles. The lowest BCUT2D eigenvalue weighted by atomic mass is 10.1. The summed E-state index contributed by atoms with van der Waals surface area (Å²) in [4.78, 5) is 52.4. The number of hydrogen-bond acceptors (Lipinski definition) is 6. The van der Waals surface area contributed by atoms with Crippen molar-refractivity contribution in [2.24, 2.45) is 0 Å². The molecule has 1 saturated heterocycles. The molecule has 0 aromatic heterocycles. The van der Waals surface area contributed by atoms with Crippen LogP contribution in [0.2, 0.25) is 0 Å². The van der Waals surface area contributed by atoms with Gasteiger partial charge in [0, 0.05) is 19.6 Å². The van der Waals surface area contributed by atoms with Crippen molar-refractivity contribution < 1.29 is 28.7 Å². The molecular weight excluding hydrogens is 376 g/mol. The Morgan fingerprint density at radius 1 is 1.10 bits per heavy atom. The maximum Gasteiger partial charge on any atom is 0.338 e. The number of carbonyl (C=O) groups is 4. The third-order valence-corrected chi connectivity index (χ3v) is 5.04. The molecule has 1 aromatic carbocycles. The van der Waals surface area contributed by atoms with Crippen LogP contribution >= 0.6 is 0 Å². The highest BCUT2D eigenvalue weighted by molar-refractivity contribution is 6.21. The van der Waals surface area contributed by atoms with Gasteiger partial charge in [-0.3, -0.25) is 19.3 Å². The van der Waals surface area contributed by atoms with E-state index in [4.69, 9.17) is 9.47 Å². The van der Waals surface area contributed by atoms with Gasteiger partial charge in [0.2, 0.25) is 0 Å². The number of ether oxygens (including phenoxy) is 2. The molecule has 29 heavy (non-hydrogen) atoms. The van der Waals surface area contributed by atoms with Gasteiger partial charge >= 0.3 is 5.97 Å². The zero-order valence-electron chi connectivity index (χ0n) is 17.0. The highest BCUT2D eigenvalue weighted by Gasteiger charge is 2.35. The number of nitrogens with zero attached hydrogens (tertiary/aromatic N) is 2. The fourth-order valence-corrected chi connectivity index (χ4v) is 3.62. The minimum absolute atomic E-state index is 0.0747. The average molecular weight is 402 g/mol. The summed E-state index contributed by atoms with van der Waals surface area (Å²) in [6, 6.07) is 4.28. The average Bonchev–Trinajstić information content (AvgIpc) is 2.93. The number of benzene rings is 1. The maximum atomic E-state index is 12.5. The highest BCUT2D eigenvalue weighted by atomic mass is 16.5. The highest BCUT2D eigenvalue weighted by Crippen LogP contribution is 2.24. The van der Waals surface area contributed by atoms with E-state index in [0.717, 1.165) is 12.8 Å². The van der Waals surface area contributed by atoms with Gasteiger partial charge in [-0.1, -0.05) is 13.3 Å². The van der Waals surface area contributed by atoms with Crippen LogP contribution in [-0.2, 0) is 14.3 Å². The molecule has 1 fully saturated rings. The molecule has 3 amide bonds. The van der Waals surface area contributed by atoms with Crippen LogP contribution in [0.15, 0.2) is 18.2 Å². The quantitative estimate of drug-likeness (QED) is 0.533. The van der Waals surface area contributed by atoms with E-state index in [2.05, 4.69) is 0 Å². The molecule has 0 spiro atoms. The van der Waals surface area contributed by atoms with Crippen molar-refractivity contribution in [1.29, 1.82) is 0 Å². The first-order chi connectivity index (χ1) is 13.8. The smallest absolute Gasteiger partial charge is 0.338 e. The molecule has 8 nitrogen and oxygen atoms in total. The summed E-state index contributed by atoms with van der Waals surface area (Å²) in [5, 5.41) is 0. The second-order valence-electron chi connectivity index (χ2n) is 7.51. The van der Waals surface area contributed by atoms with Gasteiger partial charge in [-0.2, -0.15) is 0 Å². The summed E-state index contributed by atoms with van der Waals surface area (Å²) in [5.74, 6) is -1.74. The second kappa shape index (κ2) is 8.73. The molecule has 0 unspecified atom stereocenters. The summed E-state index contributed by atoms with van der Waals surface area (Å²) < 4.78 is 10.7. The molecule has 2 aliphatic heterocycles. The minimum atomic E-state index is -0.706. The fraction of sp³-hybridized carbons (Fsp3) is 0.524. The monoisotopic (exact) mass is 402 g/mol. The first-order valence-electron chi connectivity index (χ1n) is 9.92. The lowest BCUT2D eigenvalue weighted by Crippen LogP contribution is -2.49. The van der Waals surface area contributed by atoms with Crippen LogP contribution in [0, 0.1) is 0 Å². The maximum absolute atomic E-state index is 12.5. The fourth-order valence-electron chi connectivity index (χ4n) is 3.62. The van der Waals surface area contributed by atoms with Crippen molar-refractivity contribution in [2.75, 3.05) is 26.2 Å². The number of fused-ring (bicyclic) bond motifs is 1. The molecule has 8 heteroatoms. The number of carbonyl (C=O) groups excluding carboxylic acids is 4. The van der Waals surface area contributed by atoms with Crippen LogP contribution in [0.5, 0.6) is 0 Å². The van der Waals surface area contributed by atoms with Crippen molar-refractivity contribution in [3.8, 4) is 0 Å². The lowest BCUT2D eigenvalue weighted by Gasteiger charge is -2.35. The van der Waals surface area contributed by atoms with Crippen LogP contribution in [0.3, 0.4) is 0 Å². The van der Waals surface area contributed by atoms with E-state index in [1.165, 1.54) is 23.1 Å². The predicted molar refractivity (Wildman–Crippen MR) is 104 cm³/mol. The molecule has 3 rings (SSSR count). The Morgan fingerprint density at radius 2 is 1.76 bits per heavy atom. The van der Waals surface area contributed by atoms with Crippen LogP contribution in [-0.4, -0.2) is 71.9 Å². The molecule has 2 aliphatic rings. The largest absolute Gasteiger partial charge is 0.452 e. The van der Waals surface area contributed by atoms with Gasteiger partial charge < -0.3 is 14.4 Å². The van der Waals surface area contributed by atoms with Crippen LogP contribution < -0.4 is 0 Å². The number of imide groups is 1. The molecule has 156 valence electrons. The van der Waals surface area contributed by atoms with Gasteiger partial charge in [-0.05, 0) is 38.5 Å². The topological polar surface area (TPSA) is 93.2 Å². The van der Waals surface area contributed by atoms with Gasteiger partial charge in [-0.15, -0.1) is 0 Å². The first kappa shape index (κ1) is 21.0. The van der Waals surface area contributed by atoms with E-state index in [-0.39, 0.29) is 47.3 Å². The van der Waals surface area contributed by atoms with Gasteiger partial charge in [0.1, 0.15) is 0 Å². The van der Waals surface area contributed by atoms with Gasteiger partial charge in [0.15, 0.2) is 6.61 Å². The van der Waals surface area contributed by atoms with E-state index < -0.39 is 11.9 Å². The first-order valence-corrected chi connectivity index (χ1v) is 9.92. The standard InChI is InChI=1S/C21H26N2O6/c1-4-5-8-23-19(25)16-7-6-15(9-17(16)20(23)26)21(27)28-12-18(24)22-10-13(2)29-14(3)11-22/h6-7,9,13-14H,4-5,8,10-12H2,1-3H3/t13-,14+. The molecule has 0 aliphatic carbocycles. The van der Waals surface area contributed by atoms with E-state index in [1.807, 2.05) is 20.8 Å². The van der Waals surface area contributed by atoms with Crippen molar-refractivity contribution in [3.63, 3.8) is 0 Å². The van der Waals surface area contributed by atoms with Gasteiger partial charge in [0.05, 0.1) is 28.9 Å². The number of morpholine rings is 1. The summed E-state index contributed by atoms with van der Waals surface area (Å²) in [7, 11) is 0. The normalized spacial score (nSPS) is 21.3. The number of esters is 1. The third-order valence-electron chi connectivity index (χ3n) is 5.04. The summed E-state index contributed by atoms with van der Waals surface area (Å²) in [6.45, 7) is 6.61. The molecule has 2 atom stereocenters. The predicted octanol–water partition coefficient (Wildman–Crippen LogP) is 1.88. The van der Waals surface area contributed by atoms with Gasteiger partial charge in [0.25, 0.3) is 17.7 Å². The van der Waals surface area contributed by atoms with Gasteiger partial charge in [-0.25, -0.2) is 4.79 Å². The van der Waals surface area contributed by atoms with Crippen molar-refractivity contribution in [2.45, 2.75) is 45.8 Å². The Labute approximate surface area is 169 Å². The van der Waals surface area contributed by atoms with E-state index in [9.17, 15) is 19.2 Å². The molecular formula is C21H26N2O6. The number of hydrogen-bond donors (Lipinski definition) is 0. The molecule has 0 radical (unpaired) electrons. The Kier molecular flexibility index (Phi) is 6.32. The van der Waals surface area contributed by atoms with Crippen LogP contribution in [0.4, 0.5) is 0 Å². The molecule has 0 saturated carbocycles. The second-order valence-corrected chi connectivity index (χ2v) is 7.51. The van der Waals surface area contributed by atoms with Crippen LogP contribution in [0.1, 0.15) is 64.7 Å². The third kappa shape index (κ3) is 4.48. The Bertz CT molecular complexity index is 826. The van der Waals surface area contributed by atoms with Crippen molar-refractivity contribution in [3.05, 3.63) is 34.9 Å². The van der Waals surface area contributed by atoms with E-state index in [1.54, 1.807) is 4.90 Å². The number of rotatable bonds is 6. The zero-order chi connectivity index (χ0) is 21.1. The number of amides is 3. The Morgan fingerprint density at radius 3 is 2.41 bits per heavy atom. The summed E-state index contributed by atoms with van der Waals surface area (Å²) >= 11 is 0. The van der Waals surface area contributed by atoms with E-state index in [0.29, 0.717) is 19.6 Å². The summed E-state index contributed by atoms with van der Waals surface area (Å²) in [5.41, 5.74) is 0.622. The molecule has 0 N–H and O–H groups in total. The lowest BCUT2D eigenvalue weighted by molar-refractivity contribution is -0.146. The Hall–Kier alpha value is -2.74. The number of unbranched alkanes of at least 4 members (excludes halogenated alkanes) is 1. The van der Waals surface area contributed by atoms with Crippen LogP contribution in [0.25, 0.3) is 0 Å². The SMILES string of the molecule is CCCCN1C(=O)c2ccc(C(=O)OCC(=O)N3C[C@@H](C)O[C@@H](C)C3)cc2C1=O. The molecule has 1 aromatic rings. The van der Waals surface area contributed by atoms with E-state index >= 15 is 0 Å². The molecule has 0 bridgehead atoms. The zero-order valence-corrected chi connectivity index (χ0v) is 17.0. The summed E-state index contributed by atoms with van der Waals surface area (Å²) in [6.07, 6.45) is 1.43. The Balaban J connectivity index is 1.63.